The van der Waals surface area contributed by atoms with Gasteiger partial charge in [-0.3, -0.25) is 9.36 Å². The van der Waals surface area contributed by atoms with E-state index in [1.807, 2.05) is 31.2 Å². The first-order valence-corrected chi connectivity index (χ1v) is 8.22. The Hall–Kier alpha value is -3.28. The van der Waals surface area contributed by atoms with Crippen molar-refractivity contribution in [3.05, 3.63) is 76.3 Å². The van der Waals surface area contributed by atoms with Crippen molar-refractivity contribution in [3.63, 3.8) is 0 Å². The molecule has 134 valence electrons. The Kier molecular flexibility index (Phi) is 5.22. The Morgan fingerprint density at radius 2 is 1.77 bits per heavy atom. The van der Waals surface area contributed by atoms with Crippen LogP contribution in [-0.4, -0.2) is 23.8 Å². The molecule has 0 bridgehead atoms. The molecule has 1 aromatic heterocycles. The highest BCUT2D eigenvalue weighted by molar-refractivity contribution is 5.49. The van der Waals surface area contributed by atoms with Gasteiger partial charge in [0, 0.05) is 25.0 Å². The molecule has 3 rings (SSSR count). The minimum atomic E-state index is -0.230. The highest BCUT2D eigenvalue weighted by Crippen LogP contribution is 2.28. The maximum atomic E-state index is 12.8. The van der Waals surface area contributed by atoms with E-state index in [2.05, 4.69) is 10.3 Å². The first-order valence-electron chi connectivity index (χ1n) is 8.22. The second kappa shape index (κ2) is 7.74. The highest BCUT2D eigenvalue weighted by Gasteiger charge is 2.10. The zero-order valence-electron chi connectivity index (χ0n) is 15.0. The van der Waals surface area contributed by atoms with Crippen LogP contribution in [0, 0.1) is 6.92 Å². The monoisotopic (exact) mass is 351 g/mol. The average Bonchev–Trinajstić information content (AvgIpc) is 2.68. The van der Waals surface area contributed by atoms with Crippen LogP contribution in [-0.2, 0) is 6.54 Å². The second-order valence-corrected chi connectivity index (χ2v) is 5.83. The van der Waals surface area contributed by atoms with Gasteiger partial charge in [-0.05, 0) is 24.6 Å². The van der Waals surface area contributed by atoms with Gasteiger partial charge in [0.05, 0.1) is 19.9 Å². The zero-order valence-corrected chi connectivity index (χ0v) is 15.0. The normalized spacial score (nSPS) is 10.4. The van der Waals surface area contributed by atoms with Gasteiger partial charge in [-0.25, -0.2) is 4.98 Å². The van der Waals surface area contributed by atoms with Crippen LogP contribution in [0.15, 0.2) is 59.7 Å². The van der Waals surface area contributed by atoms with Crippen molar-refractivity contribution in [2.24, 2.45) is 0 Å². The smallest absolute Gasteiger partial charge is 0.297 e. The fourth-order valence-corrected chi connectivity index (χ4v) is 2.60. The van der Waals surface area contributed by atoms with E-state index >= 15 is 0 Å². The average molecular weight is 351 g/mol. The summed E-state index contributed by atoms with van der Waals surface area (Å²) < 4.78 is 12.1. The van der Waals surface area contributed by atoms with Crippen LogP contribution >= 0.6 is 0 Å². The summed E-state index contributed by atoms with van der Waals surface area (Å²) in [7, 11) is 3.13. The number of aromatic nitrogens is 2. The standard InChI is InChI=1S/C20H21N3O3/c1-14-4-6-15(7-5-14)13-22-19-20(24)23(11-10-21-19)16-8-9-17(25-2)18(12-16)26-3/h4-12H,13H2,1-3H3,(H,21,22). The quantitative estimate of drug-likeness (QED) is 0.739. The van der Waals surface area contributed by atoms with Crippen LogP contribution in [0.25, 0.3) is 5.69 Å². The largest absolute Gasteiger partial charge is 0.493 e. The SMILES string of the molecule is COc1ccc(-n2ccnc(NCc3ccc(C)cc3)c2=O)cc1OC. The lowest BCUT2D eigenvalue weighted by Gasteiger charge is -2.12. The van der Waals surface area contributed by atoms with Crippen LogP contribution in [0.1, 0.15) is 11.1 Å². The van der Waals surface area contributed by atoms with E-state index in [9.17, 15) is 4.79 Å². The first-order chi connectivity index (χ1) is 12.6. The molecule has 2 aromatic carbocycles. The van der Waals surface area contributed by atoms with Gasteiger partial charge in [0.15, 0.2) is 17.3 Å². The van der Waals surface area contributed by atoms with Crippen molar-refractivity contribution in [1.29, 1.82) is 0 Å². The molecule has 0 aliphatic carbocycles. The molecule has 0 saturated carbocycles. The molecule has 0 amide bonds. The highest BCUT2D eigenvalue weighted by atomic mass is 16.5. The summed E-state index contributed by atoms with van der Waals surface area (Å²) in [4.78, 5) is 16.9. The number of methoxy groups -OCH3 is 2. The van der Waals surface area contributed by atoms with Crippen molar-refractivity contribution in [3.8, 4) is 17.2 Å². The molecule has 1 heterocycles. The number of hydrogen-bond donors (Lipinski definition) is 1. The van der Waals surface area contributed by atoms with E-state index in [1.54, 1.807) is 44.8 Å². The predicted molar refractivity (Wildman–Crippen MR) is 101 cm³/mol. The molecule has 0 radical (unpaired) electrons. The van der Waals surface area contributed by atoms with Gasteiger partial charge in [-0.1, -0.05) is 29.8 Å². The van der Waals surface area contributed by atoms with Gasteiger partial charge >= 0.3 is 0 Å². The predicted octanol–water partition coefficient (Wildman–Crippen LogP) is 3.17. The number of anilines is 1. The molecule has 0 atom stereocenters. The molecular weight excluding hydrogens is 330 g/mol. The molecule has 26 heavy (non-hydrogen) atoms. The van der Waals surface area contributed by atoms with E-state index in [1.165, 1.54) is 10.1 Å². The molecule has 6 heteroatoms. The van der Waals surface area contributed by atoms with Crippen LogP contribution < -0.4 is 20.3 Å². The number of nitrogens with one attached hydrogen (secondary N) is 1. The summed E-state index contributed by atoms with van der Waals surface area (Å²) in [5.74, 6) is 1.46. The van der Waals surface area contributed by atoms with Gasteiger partial charge in [0.1, 0.15) is 0 Å². The van der Waals surface area contributed by atoms with Gasteiger partial charge in [0.25, 0.3) is 5.56 Å². The van der Waals surface area contributed by atoms with Gasteiger partial charge in [-0.2, -0.15) is 0 Å². The molecule has 0 aliphatic heterocycles. The third kappa shape index (κ3) is 3.69. The Bertz CT molecular complexity index is 949. The van der Waals surface area contributed by atoms with E-state index < -0.39 is 0 Å². The third-order valence-electron chi connectivity index (χ3n) is 4.07. The first kappa shape index (κ1) is 17.5. The van der Waals surface area contributed by atoms with Crippen molar-refractivity contribution in [1.82, 2.24) is 9.55 Å². The Labute approximate surface area is 152 Å². The second-order valence-electron chi connectivity index (χ2n) is 5.83. The summed E-state index contributed by atoms with van der Waals surface area (Å²) in [6, 6.07) is 13.4. The van der Waals surface area contributed by atoms with Crippen molar-refractivity contribution < 1.29 is 9.47 Å². The minimum Gasteiger partial charge on any atom is -0.493 e. The number of benzene rings is 2. The molecule has 0 aliphatic rings. The Morgan fingerprint density at radius 1 is 1.04 bits per heavy atom. The summed E-state index contributed by atoms with van der Waals surface area (Å²) >= 11 is 0. The molecular formula is C20H21N3O3. The molecule has 0 saturated heterocycles. The van der Waals surface area contributed by atoms with E-state index in [0.29, 0.717) is 29.5 Å². The molecule has 6 nitrogen and oxygen atoms in total. The van der Waals surface area contributed by atoms with Crippen LogP contribution in [0.5, 0.6) is 11.5 Å². The number of rotatable bonds is 6. The van der Waals surface area contributed by atoms with E-state index in [-0.39, 0.29) is 5.56 Å². The van der Waals surface area contributed by atoms with Crippen molar-refractivity contribution >= 4 is 5.82 Å². The number of ether oxygens (including phenoxy) is 2. The van der Waals surface area contributed by atoms with Gasteiger partial charge < -0.3 is 14.8 Å². The molecule has 0 unspecified atom stereocenters. The Balaban J connectivity index is 1.87. The summed E-state index contributed by atoms with van der Waals surface area (Å²) in [5, 5.41) is 3.11. The maximum Gasteiger partial charge on any atom is 0.297 e. The van der Waals surface area contributed by atoms with Crippen LogP contribution in [0.4, 0.5) is 5.82 Å². The molecule has 0 spiro atoms. The minimum absolute atomic E-state index is 0.230. The number of hydrogen-bond acceptors (Lipinski definition) is 5. The van der Waals surface area contributed by atoms with Crippen molar-refractivity contribution in [2.45, 2.75) is 13.5 Å². The summed E-state index contributed by atoms with van der Waals surface area (Å²) in [6.45, 7) is 2.57. The van der Waals surface area contributed by atoms with Crippen molar-refractivity contribution in [2.75, 3.05) is 19.5 Å². The summed E-state index contributed by atoms with van der Waals surface area (Å²) in [6.07, 6.45) is 3.22. The molecule has 3 aromatic rings. The lowest BCUT2D eigenvalue weighted by atomic mass is 10.1. The maximum absolute atomic E-state index is 12.8. The topological polar surface area (TPSA) is 65.4 Å². The van der Waals surface area contributed by atoms with E-state index in [0.717, 1.165) is 5.56 Å². The molecule has 0 fully saturated rings. The number of aryl methyl sites for hydroxylation is 1. The van der Waals surface area contributed by atoms with Crippen LogP contribution in [0.2, 0.25) is 0 Å². The fraction of sp³-hybridized carbons (Fsp3) is 0.200. The summed E-state index contributed by atoms with van der Waals surface area (Å²) in [5.41, 5.74) is 2.72. The van der Waals surface area contributed by atoms with E-state index in [4.69, 9.17) is 9.47 Å². The fourth-order valence-electron chi connectivity index (χ4n) is 2.60. The number of nitrogens with zero attached hydrogens (tertiary/aromatic N) is 2. The molecule has 1 N–H and O–H groups in total. The van der Waals surface area contributed by atoms with Gasteiger partial charge in [0.2, 0.25) is 0 Å². The lowest BCUT2D eigenvalue weighted by molar-refractivity contribution is 0.355. The Morgan fingerprint density at radius 3 is 2.46 bits per heavy atom. The zero-order chi connectivity index (χ0) is 18.5. The lowest BCUT2D eigenvalue weighted by Crippen LogP contribution is -2.23. The van der Waals surface area contributed by atoms with Crippen LogP contribution in [0.3, 0.4) is 0 Å². The third-order valence-corrected chi connectivity index (χ3v) is 4.07. The van der Waals surface area contributed by atoms with Gasteiger partial charge in [-0.15, -0.1) is 0 Å².